The molecule has 9 heteroatoms. The number of carbonyl (C=O) groups is 1. The molecule has 0 aliphatic heterocycles. The van der Waals surface area contributed by atoms with Gasteiger partial charge in [0.05, 0.1) is 0 Å². The molecule has 0 aromatic carbocycles. The second-order valence-electron chi connectivity index (χ2n) is 1.77. The van der Waals surface area contributed by atoms with Crippen LogP contribution in [0.3, 0.4) is 0 Å². The van der Waals surface area contributed by atoms with Gasteiger partial charge in [0.25, 0.3) is 0 Å². The van der Waals surface area contributed by atoms with Crippen LogP contribution in [0.5, 0.6) is 0 Å². The van der Waals surface area contributed by atoms with Crippen molar-refractivity contribution in [3.63, 3.8) is 0 Å². The van der Waals surface area contributed by atoms with E-state index in [1.807, 2.05) is 0 Å². The van der Waals surface area contributed by atoms with Crippen molar-refractivity contribution in [1.82, 2.24) is 0 Å². The van der Waals surface area contributed by atoms with E-state index in [2.05, 4.69) is 8.92 Å². The molecule has 0 saturated heterocycles. The Balaban J connectivity index is 4.15. The van der Waals surface area contributed by atoms with Crippen LogP contribution in [0.4, 0.5) is 13.2 Å². The minimum Gasteiger partial charge on any atom is -0.437 e. The number of alkyl halides is 3. The zero-order valence-electron chi connectivity index (χ0n) is 6.29. The van der Waals surface area contributed by atoms with E-state index >= 15 is 0 Å². The third-order valence-corrected chi connectivity index (χ3v) is 1.72. The SMILES string of the molecule is CC(=O)OCOS(=O)(=O)C(F)(F)F. The fourth-order valence-electron chi connectivity index (χ4n) is 0.237. The average Bonchev–Trinajstić information content (AvgIpc) is 1.82. The molecule has 0 aliphatic rings. The van der Waals surface area contributed by atoms with Crippen LogP contribution in [0.2, 0.25) is 0 Å². The monoisotopic (exact) mass is 222 g/mol. The Morgan fingerprint density at radius 1 is 1.38 bits per heavy atom. The molecule has 0 rings (SSSR count). The van der Waals surface area contributed by atoms with Crippen LogP contribution in [-0.4, -0.2) is 26.7 Å². The summed E-state index contributed by atoms with van der Waals surface area (Å²) in [5, 5.41) is 0. The fraction of sp³-hybridized carbons (Fsp3) is 0.750. The lowest BCUT2D eigenvalue weighted by Gasteiger charge is -2.07. The van der Waals surface area contributed by atoms with Crippen molar-refractivity contribution in [3.8, 4) is 0 Å². The standard InChI is InChI=1S/C4H5F3O5S/c1-3(8)11-2-12-13(9,10)4(5,6)7/h2H2,1H3. The molecule has 0 amide bonds. The summed E-state index contributed by atoms with van der Waals surface area (Å²) in [6.07, 6.45) is 0. The Bertz CT molecular complexity index is 279. The van der Waals surface area contributed by atoms with E-state index < -0.39 is 28.4 Å². The molecule has 0 fully saturated rings. The van der Waals surface area contributed by atoms with E-state index in [1.165, 1.54) is 0 Å². The van der Waals surface area contributed by atoms with Crippen LogP contribution in [0.1, 0.15) is 6.92 Å². The lowest BCUT2D eigenvalue weighted by Crippen LogP contribution is -2.26. The molecule has 0 bridgehead atoms. The average molecular weight is 222 g/mol. The second-order valence-corrected chi connectivity index (χ2v) is 3.38. The summed E-state index contributed by atoms with van der Waals surface area (Å²) in [5.74, 6) is -0.947. The van der Waals surface area contributed by atoms with Gasteiger partial charge < -0.3 is 4.74 Å². The largest absolute Gasteiger partial charge is 0.523 e. The van der Waals surface area contributed by atoms with E-state index in [9.17, 15) is 26.4 Å². The number of carbonyl (C=O) groups excluding carboxylic acids is 1. The maximum atomic E-state index is 11.5. The van der Waals surface area contributed by atoms with Gasteiger partial charge >= 0.3 is 21.6 Å². The molecular formula is C4H5F3O5S. The molecule has 0 spiro atoms. The van der Waals surface area contributed by atoms with Crippen LogP contribution >= 0.6 is 0 Å². The molecule has 0 aromatic rings. The third kappa shape index (κ3) is 4.08. The first-order valence-corrected chi connectivity index (χ1v) is 4.16. The quantitative estimate of drug-likeness (QED) is 0.298. The van der Waals surface area contributed by atoms with Crippen molar-refractivity contribution < 1.29 is 35.3 Å². The molecule has 5 nitrogen and oxygen atoms in total. The molecule has 0 unspecified atom stereocenters. The number of hydrogen-bond acceptors (Lipinski definition) is 5. The van der Waals surface area contributed by atoms with Gasteiger partial charge in [0.2, 0.25) is 6.79 Å². The van der Waals surface area contributed by atoms with Crippen LogP contribution in [-0.2, 0) is 23.8 Å². The lowest BCUT2D eigenvalue weighted by molar-refractivity contribution is -0.148. The van der Waals surface area contributed by atoms with Gasteiger partial charge in [-0.05, 0) is 0 Å². The number of rotatable bonds is 3. The van der Waals surface area contributed by atoms with Crippen molar-refractivity contribution in [3.05, 3.63) is 0 Å². The Morgan fingerprint density at radius 2 is 1.85 bits per heavy atom. The van der Waals surface area contributed by atoms with Crippen LogP contribution in [0.25, 0.3) is 0 Å². The smallest absolute Gasteiger partial charge is 0.437 e. The van der Waals surface area contributed by atoms with Gasteiger partial charge in [0.1, 0.15) is 0 Å². The maximum absolute atomic E-state index is 11.5. The number of hydrogen-bond donors (Lipinski definition) is 0. The van der Waals surface area contributed by atoms with Crippen LogP contribution < -0.4 is 0 Å². The van der Waals surface area contributed by atoms with E-state index in [4.69, 9.17) is 0 Å². The topological polar surface area (TPSA) is 69.7 Å². The summed E-state index contributed by atoms with van der Waals surface area (Å²) in [7, 11) is -5.67. The minimum absolute atomic E-state index is 0.892. The predicted octanol–water partition coefficient (Wildman–Crippen LogP) is 0.373. The maximum Gasteiger partial charge on any atom is 0.523 e. The first-order valence-electron chi connectivity index (χ1n) is 2.76. The summed E-state index contributed by atoms with van der Waals surface area (Å²) in [6, 6.07) is 0. The van der Waals surface area contributed by atoms with Gasteiger partial charge in [-0.3, -0.25) is 4.79 Å². The first-order chi connectivity index (χ1) is 5.67. The molecule has 0 aliphatic carbocycles. The Morgan fingerprint density at radius 3 is 2.15 bits per heavy atom. The number of halogens is 3. The molecule has 0 atom stereocenters. The molecule has 0 N–H and O–H groups in total. The highest BCUT2D eigenvalue weighted by atomic mass is 32.2. The van der Waals surface area contributed by atoms with Crippen molar-refractivity contribution in [2.24, 2.45) is 0 Å². The van der Waals surface area contributed by atoms with E-state index in [1.54, 1.807) is 0 Å². The zero-order chi connectivity index (χ0) is 10.7. The van der Waals surface area contributed by atoms with Gasteiger partial charge in [-0.1, -0.05) is 0 Å². The van der Waals surface area contributed by atoms with E-state index in [-0.39, 0.29) is 0 Å². The molecule has 78 valence electrons. The summed E-state index contributed by atoms with van der Waals surface area (Å²) in [4.78, 5) is 10.0. The zero-order valence-corrected chi connectivity index (χ0v) is 7.11. The molecule has 0 aromatic heterocycles. The summed E-state index contributed by atoms with van der Waals surface area (Å²) in [5.41, 5.74) is -5.51. The van der Waals surface area contributed by atoms with Gasteiger partial charge in [-0.25, -0.2) is 4.18 Å². The molecule has 13 heavy (non-hydrogen) atoms. The van der Waals surface area contributed by atoms with Crippen molar-refractivity contribution in [2.45, 2.75) is 12.4 Å². The highest BCUT2D eigenvalue weighted by Gasteiger charge is 2.47. The van der Waals surface area contributed by atoms with Gasteiger partial charge in [0.15, 0.2) is 0 Å². The van der Waals surface area contributed by atoms with Gasteiger partial charge in [-0.2, -0.15) is 21.6 Å². The summed E-state index contributed by atoms with van der Waals surface area (Å²) >= 11 is 0. The summed E-state index contributed by atoms with van der Waals surface area (Å²) < 4.78 is 61.8. The van der Waals surface area contributed by atoms with Crippen molar-refractivity contribution in [2.75, 3.05) is 6.79 Å². The Kier molecular flexibility index (Phi) is 3.67. The third-order valence-electron chi connectivity index (χ3n) is 0.749. The van der Waals surface area contributed by atoms with E-state index in [0.717, 1.165) is 6.92 Å². The predicted molar refractivity (Wildman–Crippen MR) is 32.7 cm³/mol. The molecular weight excluding hydrogens is 217 g/mol. The minimum atomic E-state index is -5.67. The normalized spacial score (nSPS) is 12.6. The van der Waals surface area contributed by atoms with E-state index in [0.29, 0.717) is 0 Å². The Labute approximate surface area is 71.6 Å². The molecule has 0 radical (unpaired) electrons. The second kappa shape index (κ2) is 3.92. The number of ether oxygens (including phenoxy) is 1. The lowest BCUT2D eigenvalue weighted by atomic mass is 10.8. The van der Waals surface area contributed by atoms with Crippen LogP contribution in [0, 0.1) is 0 Å². The van der Waals surface area contributed by atoms with Crippen molar-refractivity contribution >= 4 is 16.1 Å². The molecule has 0 saturated carbocycles. The highest BCUT2D eigenvalue weighted by Crippen LogP contribution is 2.24. The summed E-state index contributed by atoms with van der Waals surface area (Å²) in [6.45, 7) is -0.388. The van der Waals surface area contributed by atoms with Gasteiger partial charge in [-0.15, -0.1) is 0 Å². The fourth-order valence-corrected chi connectivity index (χ4v) is 0.546. The van der Waals surface area contributed by atoms with Crippen LogP contribution in [0.15, 0.2) is 0 Å². The Hall–Kier alpha value is -0.830. The number of esters is 1. The first kappa shape index (κ1) is 12.2. The molecule has 0 heterocycles. The van der Waals surface area contributed by atoms with Crippen molar-refractivity contribution in [1.29, 1.82) is 0 Å². The highest BCUT2D eigenvalue weighted by molar-refractivity contribution is 7.87. The van der Waals surface area contributed by atoms with Gasteiger partial charge in [0, 0.05) is 6.92 Å².